The Morgan fingerprint density at radius 1 is 1.50 bits per heavy atom. The van der Waals surface area contributed by atoms with Gasteiger partial charge in [0.25, 0.3) is 0 Å². The Bertz CT molecular complexity index is 66.3. The fraction of sp³-hybridized carbons (Fsp3) is 1.00. The first kappa shape index (κ1) is 9.92. The van der Waals surface area contributed by atoms with Crippen molar-refractivity contribution in [2.24, 2.45) is 11.7 Å². The lowest BCUT2D eigenvalue weighted by atomic mass is 10.2. The van der Waals surface area contributed by atoms with Crippen molar-refractivity contribution in [2.75, 3.05) is 19.8 Å². The molecule has 0 aromatic carbocycles. The van der Waals surface area contributed by atoms with Crippen molar-refractivity contribution < 1.29 is 4.74 Å². The van der Waals surface area contributed by atoms with E-state index in [4.69, 9.17) is 10.5 Å². The minimum absolute atomic E-state index is 0.511. The minimum atomic E-state index is 0.511. The van der Waals surface area contributed by atoms with Gasteiger partial charge < -0.3 is 10.5 Å². The van der Waals surface area contributed by atoms with Crippen LogP contribution in [0.1, 0.15) is 26.7 Å². The van der Waals surface area contributed by atoms with Crippen molar-refractivity contribution >= 4 is 0 Å². The van der Waals surface area contributed by atoms with Crippen LogP contribution in [0, 0.1) is 5.92 Å². The van der Waals surface area contributed by atoms with E-state index in [1.807, 2.05) is 0 Å². The van der Waals surface area contributed by atoms with Crippen molar-refractivity contribution in [1.82, 2.24) is 0 Å². The molecule has 1 atom stereocenters. The molecule has 2 nitrogen and oxygen atoms in total. The van der Waals surface area contributed by atoms with Crippen molar-refractivity contribution in [2.45, 2.75) is 26.7 Å². The Kier molecular flexibility index (Phi) is 6.98. The highest BCUT2D eigenvalue weighted by Gasteiger charge is 1.96. The van der Waals surface area contributed by atoms with Gasteiger partial charge in [-0.15, -0.1) is 0 Å². The molecule has 0 aliphatic heterocycles. The second-order valence-electron chi connectivity index (χ2n) is 2.77. The van der Waals surface area contributed by atoms with Crippen molar-refractivity contribution in [1.29, 1.82) is 0 Å². The van der Waals surface area contributed by atoms with Gasteiger partial charge in [-0.3, -0.25) is 0 Å². The molecule has 0 aromatic heterocycles. The summed E-state index contributed by atoms with van der Waals surface area (Å²) in [6, 6.07) is 0. The number of rotatable bonds is 6. The number of ether oxygens (including phenoxy) is 1. The summed E-state index contributed by atoms with van der Waals surface area (Å²) in [6.07, 6.45) is 2.37. The summed E-state index contributed by atoms with van der Waals surface area (Å²) in [4.78, 5) is 0. The quantitative estimate of drug-likeness (QED) is 0.573. The Hall–Kier alpha value is -0.0800. The van der Waals surface area contributed by atoms with Gasteiger partial charge in [-0.05, 0) is 18.9 Å². The molecule has 0 bridgehead atoms. The van der Waals surface area contributed by atoms with E-state index >= 15 is 0 Å². The van der Waals surface area contributed by atoms with Crippen molar-refractivity contribution in [3.8, 4) is 0 Å². The molecule has 2 N–H and O–H groups in total. The maximum Gasteiger partial charge on any atom is 0.0503 e. The van der Waals surface area contributed by atoms with Gasteiger partial charge in [0.15, 0.2) is 0 Å². The molecule has 10 heavy (non-hydrogen) atoms. The Morgan fingerprint density at radius 2 is 2.20 bits per heavy atom. The van der Waals surface area contributed by atoms with Gasteiger partial charge in [0.2, 0.25) is 0 Å². The molecule has 0 aliphatic carbocycles. The predicted octanol–water partition coefficient (Wildman–Crippen LogP) is 1.40. The van der Waals surface area contributed by atoms with Crippen LogP contribution in [0.5, 0.6) is 0 Å². The molecule has 0 amide bonds. The summed E-state index contributed by atoms with van der Waals surface area (Å²) in [5.41, 5.74) is 5.41. The van der Waals surface area contributed by atoms with Crippen molar-refractivity contribution in [3.05, 3.63) is 0 Å². The molecule has 0 radical (unpaired) electrons. The largest absolute Gasteiger partial charge is 0.381 e. The van der Waals surface area contributed by atoms with E-state index in [0.29, 0.717) is 5.92 Å². The topological polar surface area (TPSA) is 35.2 Å². The lowest BCUT2D eigenvalue weighted by Gasteiger charge is -2.07. The predicted molar refractivity (Wildman–Crippen MR) is 43.9 cm³/mol. The van der Waals surface area contributed by atoms with E-state index in [9.17, 15) is 0 Å². The van der Waals surface area contributed by atoms with Gasteiger partial charge in [0.1, 0.15) is 0 Å². The third-order valence-electron chi connectivity index (χ3n) is 1.45. The molecule has 1 unspecified atom stereocenters. The summed E-state index contributed by atoms with van der Waals surface area (Å²) in [6.45, 7) is 6.70. The summed E-state index contributed by atoms with van der Waals surface area (Å²) in [7, 11) is 0. The van der Waals surface area contributed by atoms with Crippen LogP contribution >= 0.6 is 0 Å². The standard InChI is InChI=1S/C8H19NO/c1-3-4-5-10-7-8(2)6-9/h8H,3-7,9H2,1-2H3. The number of hydrogen-bond acceptors (Lipinski definition) is 2. The molecule has 0 saturated carbocycles. The molecule has 0 saturated heterocycles. The number of hydrogen-bond donors (Lipinski definition) is 1. The zero-order chi connectivity index (χ0) is 7.82. The minimum Gasteiger partial charge on any atom is -0.381 e. The van der Waals surface area contributed by atoms with E-state index < -0.39 is 0 Å². The highest BCUT2D eigenvalue weighted by molar-refractivity contribution is 4.49. The SMILES string of the molecule is CCCCOCC(C)CN. The fourth-order valence-corrected chi connectivity index (χ4v) is 0.599. The fourth-order valence-electron chi connectivity index (χ4n) is 0.599. The zero-order valence-corrected chi connectivity index (χ0v) is 7.10. The van der Waals surface area contributed by atoms with Crippen molar-refractivity contribution in [3.63, 3.8) is 0 Å². The van der Waals surface area contributed by atoms with Gasteiger partial charge in [-0.2, -0.15) is 0 Å². The van der Waals surface area contributed by atoms with Gasteiger partial charge in [-0.25, -0.2) is 0 Å². The smallest absolute Gasteiger partial charge is 0.0503 e. The third kappa shape index (κ3) is 6.05. The molecule has 62 valence electrons. The number of nitrogens with two attached hydrogens (primary N) is 1. The molecule has 2 heteroatoms. The van der Waals surface area contributed by atoms with Crippen LogP contribution in [-0.2, 0) is 4.74 Å². The van der Waals surface area contributed by atoms with Gasteiger partial charge in [-0.1, -0.05) is 20.3 Å². The molecular formula is C8H19NO. The summed E-state index contributed by atoms with van der Waals surface area (Å²) in [5.74, 6) is 0.511. The zero-order valence-electron chi connectivity index (χ0n) is 7.10. The lowest BCUT2D eigenvalue weighted by molar-refractivity contribution is 0.105. The second-order valence-corrected chi connectivity index (χ2v) is 2.77. The molecule has 0 aromatic rings. The maximum absolute atomic E-state index is 5.41. The Balaban J connectivity index is 2.89. The van der Waals surface area contributed by atoms with E-state index in [1.54, 1.807) is 0 Å². The van der Waals surface area contributed by atoms with Crippen LogP contribution in [0.25, 0.3) is 0 Å². The first-order valence-electron chi connectivity index (χ1n) is 4.09. The van der Waals surface area contributed by atoms with Gasteiger partial charge in [0, 0.05) is 6.61 Å². The molecule has 0 aliphatic rings. The molecule has 0 fully saturated rings. The first-order valence-corrected chi connectivity index (χ1v) is 4.09. The average molecular weight is 145 g/mol. The molecule has 0 rings (SSSR count). The van der Waals surface area contributed by atoms with E-state index in [-0.39, 0.29) is 0 Å². The van der Waals surface area contributed by atoms with E-state index in [0.717, 1.165) is 26.2 Å². The Morgan fingerprint density at radius 3 is 2.70 bits per heavy atom. The Labute approximate surface area is 63.7 Å². The molecular weight excluding hydrogens is 126 g/mol. The number of unbranched alkanes of at least 4 members (excludes halogenated alkanes) is 1. The van der Waals surface area contributed by atoms with Crippen LogP contribution < -0.4 is 5.73 Å². The third-order valence-corrected chi connectivity index (χ3v) is 1.45. The second kappa shape index (κ2) is 7.03. The highest BCUT2D eigenvalue weighted by atomic mass is 16.5. The molecule has 0 spiro atoms. The lowest BCUT2D eigenvalue weighted by Crippen LogP contribution is -2.16. The normalized spacial score (nSPS) is 13.5. The van der Waals surface area contributed by atoms with Crippen LogP contribution in [0.3, 0.4) is 0 Å². The maximum atomic E-state index is 5.41. The first-order chi connectivity index (χ1) is 4.81. The van der Waals surface area contributed by atoms with Crippen LogP contribution in [-0.4, -0.2) is 19.8 Å². The van der Waals surface area contributed by atoms with E-state index in [1.165, 1.54) is 6.42 Å². The summed E-state index contributed by atoms with van der Waals surface area (Å²) in [5, 5.41) is 0. The van der Waals surface area contributed by atoms with Gasteiger partial charge in [0.05, 0.1) is 6.61 Å². The van der Waals surface area contributed by atoms with Crippen LogP contribution in [0.2, 0.25) is 0 Å². The highest BCUT2D eigenvalue weighted by Crippen LogP contribution is 1.94. The monoisotopic (exact) mass is 145 g/mol. The summed E-state index contributed by atoms with van der Waals surface area (Å²) >= 11 is 0. The van der Waals surface area contributed by atoms with Crippen LogP contribution in [0.15, 0.2) is 0 Å². The van der Waals surface area contributed by atoms with E-state index in [2.05, 4.69) is 13.8 Å². The average Bonchev–Trinajstić information content (AvgIpc) is 1.98. The summed E-state index contributed by atoms with van der Waals surface area (Å²) < 4.78 is 5.35. The van der Waals surface area contributed by atoms with Gasteiger partial charge >= 0.3 is 0 Å². The van der Waals surface area contributed by atoms with Crippen LogP contribution in [0.4, 0.5) is 0 Å². The molecule has 0 heterocycles.